The van der Waals surface area contributed by atoms with Gasteiger partial charge in [0, 0.05) is 12.6 Å². The van der Waals surface area contributed by atoms with Crippen molar-refractivity contribution in [3.05, 3.63) is 93.5 Å². The van der Waals surface area contributed by atoms with Gasteiger partial charge >= 0.3 is 0 Å². The van der Waals surface area contributed by atoms with Crippen LogP contribution in [0, 0.1) is 6.92 Å². The maximum atomic E-state index is 14.2. The van der Waals surface area contributed by atoms with Gasteiger partial charge < -0.3 is 10.2 Å². The highest BCUT2D eigenvalue weighted by molar-refractivity contribution is 7.92. The van der Waals surface area contributed by atoms with Crippen molar-refractivity contribution >= 4 is 50.7 Å². The van der Waals surface area contributed by atoms with Gasteiger partial charge in [-0.2, -0.15) is 0 Å². The second kappa shape index (κ2) is 15.1. The van der Waals surface area contributed by atoms with Crippen molar-refractivity contribution in [1.82, 2.24) is 10.2 Å². The van der Waals surface area contributed by atoms with Crippen molar-refractivity contribution in [3.63, 3.8) is 0 Å². The van der Waals surface area contributed by atoms with E-state index in [1.54, 1.807) is 42.5 Å². The van der Waals surface area contributed by atoms with Crippen LogP contribution in [0.25, 0.3) is 0 Å². The first kappa shape index (κ1) is 34.4. The van der Waals surface area contributed by atoms with Gasteiger partial charge in [0.15, 0.2) is 0 Å². The second-order valence-electron chi connectivity index (χ2n) is 11.1. The van der Waals surface area contributed by atoms with Crippen LogP contribution in [0.1, 0.15) is 70.1 Å². The molecule has 3 rings (SSSR count). The van der Waals surface area contributed by atoms with Crippen molar-refractivity contribution in [2.24, 2.45) is 0 Å². The molecule has 0 bridgehead atoms. The number of nitrogens with zero attached hydrogens (tertiary/aromatic N) is 2. The van der Waals surface area contributed by atoms with E-state index >= 15 is 0 Å². The van der Waals surface area contributed by atoms with Crippen LogP contribution in [0.5, 0.6) is 0 Å². The van der Waals surface area contributed by atoms with Gasteiger partial charge in [-0.05, 0) is 80.1 Å². The molecule has 0 aliphatic heterocycles. The Hall–Kier alpha value is -3.07. The van der Waals surface area contributed by atoms with Gasteiger partial charge in [0.1, 0.15) is 12.6 Å². The lowest BCUT2D eigenvalue weighted by Crippen LogP contribution is -2.53. The van der Waals surface area contributed by atoms with E-state index < -0.39 is 28.5 Å². The van der Waals surface area contributed by atoms with E-state index in [0.29, 0.717) is 27.7 Å². The van der Waals surface area contributed by atoms with Gasteiger partial charge in [-0.25, -0.2) is 8.42 Å². The normalized spacial score (nSPS) is 13.0. The molecule has 0 heterocycles. The molecule has 10 heteroatoms. The number of hydrogen-bond donors (Lipinski definition) is 1. The Morgan fingerprint density at radius 3 is 2.02 bits per heavy atom. The van der Waals surface area contributed by atoms with E-state index in [0.717, 1.165) is 21.9 Å². The van der Waals surface area contributed by atoms with E-state index in [2.05, 4.69) is 19.2 Å². The molecule has 2 amide bonds. The molecule has 232 valence electrons. The lowest BCUT2D eigenvalue weighted by atomic mass is 10.0. The minimum absolute atomic E-state index is 0.0346. The Balaban J connectivity index is 2.09. The molecular formula is C33H41Cl2N3O4S. The SMILES string of the molecule is CCC(C)NC(=O)C(CC)N(Cc1ccc(Cl)c(Cl)c1)C(=O)CN(c1ccc(C(C)C)cc1)S(=O)(=O)c1ccc(C)cc1. The fourth-order valence-electron chi connectivity index (χ4n) is 4.59. The van der Waals surface area contributed by atoms with Crippen molar-refractivity contribution < 1.29 is 18.0 Å². The average Bonchev–Trinajstić information content (AvgIpc) is 2.97. The van der Waals surface area contributed by atoms with Crippen molar-refractivity contribution in [3.8, 4) is 0 Å². The lowest BCUT2D eigenvalue weighted by molar-refractivity contribution is -0.140. The first-order valence-corrected chi connectivity index (χ1v) is 16.7. The third-order valence-electron chi connectivity index (χ3n) is 7.46. The van der Waals surface area contributed by atoms with Gasteiger partial charge in [0.25, 0.3) is 10.0 Å². The van der Waals surface area contributed by atoms with Crippen molar-refractivity contribution in [2.45, 2.75) is 83.8 Å². The van der Waals surface area contributed by atoms with Crippen LogP contribution in [-0.2, 0) is 26.2 Å². The zero-order chi connectivity index (χ0) is 31.9. The van der Waals surface area contributed by atoms with Gasteiger partial charge in [-0.1, -0.05) is 86.8 Å². The first-order chi connectivity index (χ1) is 20.3. The molecule has 7 nitrogen and oxygen atoms in total. The molecule has 0 aliphatic rings. The van der Waals surface area contributed by atoms with Gasteiger partial charge in [-0.3, -0.25) is 13.9 Å². The number of hydrogen-bond acceptors (Lipinski definition) is 4. The third-order valence-corrected chi connectivity index (χ3v) is 9.99. The quantitative estimate of drug-likeness (QED) is 0.211. The molecule has 2 atom stereocenters. The maximum Gasteiger partial charge on any atom is 0.264 e. The van der Waals surface area contributed by atoms with Gasteiger partial charge in [0.2, 0.25) is 11.8 Å². The van der Waals surface area contributed by atoms with E-state index in [9.17, 15) is 18.0 Å². The highest BCUT2D eigenvalue weighted by atomic mass is 35.5. The first-order valence-electron chi connectivity index (χ1n) is 14.5. The molecule has 3 aromatic rings. The minimum Gasteiger partial charge on any atom is -0.352 e. The van der Waals surface area contributed by atoms with Crippen molar-refractivity contribution in [1.29, 1.82) is 0 Å². The lowest BCUT2D eigenvalue weighted by Gasteiger charge is -2.34. The molecule has 0 aliphatic carbocycles. The van der Waals surface area contributed by atoms with Crippen LogP contribution in [0.2, 0.25) is 10.0 Å². The number of benzene rings is 3. The summed E-state index contributed by atoms with van der Waals surface area (Å²) in [6.07, 6.45) is 1.04. The molecule has 0 saturated heterocycles. The number of aryl methyl sites for hydroxylation is 1. The number of nitrogens with one attached hydrogen (secondary N) is 1. The predicted octanol–water partition coefficient (Wildman–Crippen LogP) is 7.34. The molecule has 43 heavy (non-hydrogen) atoms. The smallest absolute Gasteiger partial charge is 0.264 e. The number of anilines is 1. The van der Waals surface area contributed by atoms with Crippen LogP contribution in [-0.4, -0.2) is 43.8 Å². The third kappa shape index (κ3) is 8.74. The summed E-state index contributed by atoms with van der Waals surface area (Å²) in [7, 11) is -4.15. The fourth-order valence-corrected chi connectivity index (χ4v) is 6.32. The average molecular weight is 647 g/mol. The summed E-state index contributed by atoms with van der Waals surface area (Å²) in [5, 5.41) is 3.66. The van der Waals surface area contributed by atoms with Crippen LogP contribution < -0.4 is 9.62 Å². The zero-order valence-corrected chi connectivity index (χ0v) is 27.9. The highest BCUT2D eigenvalue weighted by Crippen LogP contribution is 2.28. The summed E-state index contributed by atoms with van der Waals surface area (Å²) in [6.45, 7) is 11.2. The fraction of sp³-hybridized carbons (Fsp3) is 0.394. The van der Waals surface area contributed by atoms with Gasteiger partial charge in [-0.15, -0.1) is 0 Å². The summed E-state index contributed by atoms with van der Waals surface area (Å²) in [5.74, 6) is -0.589. The van der Waals surface area contributed by atoms with Gasteiger partial charge in [0.05, 0.1) is 20.6 Å². The Kier molecular flexibility index (Phi) is 12.1. The topological polar surface area (TPSA) is 86.8 Å². The molecule has 2 unspecified atom stereocenters. The van der Waals surface area contributed by atoms with Crippen LogP contribution in [0.4, 0.5) is 5.69 Å². The summed E-state index contributed by atoms with van der Waals surface area (Å²) in [6, 6.07) is 17.7. The molecule has 0 aromatic heterocycles. The summed E-state index contributed by atoms with van der Waals surface area (Å²) >= 11 is 12.4. The standard InChI is InChI=1S/C33H41Cl2N3O4S/c1-7-24(6)36-33(40)31(8-2)37(20-25-11-18-29(34)30(35)19-25)32(39)21-38(27-14-12-26(13-15-27)22(3)4)43(41,42)28-16-9-23(5)10-17-28/h9-19,22,24,31H,7-8,20-21H2,1-6H3,(H,36,40). The second-order valence-corrected chi connectivity index (χ2v) is 13.8. The Labute approximate surface area is 266 Å². The van der Waals surface area contributed by atoms with Crippen LogP contribution in [0.15, 0.2) is 71.6 Å². The Bertz CT molecular complexity index is 1510. The monoisotopic (exact) mass is 645 g/mol. The molecule has 0 saturated carbocycles. The molecule has 3 aromatic carbocycles. The Morgan fingerprint density at radius 2 is 1.49 bits per heavy atom. The summed E-state index contributed by atoms with van der Waals surface area (Å²) in [4.78, 5) is 29.1. The Morgan fingerprint density at radius 1 is 0.860 bits per heavy atom. The number of halogens is 2. The number of carbonyl (C=O) groups is 2. The van der Waals surface area contributed by atoms with Crippen LogP contribution >= 0.6 is 23.2 Å². The zero-order valence-electron chi connectivity index (χ0n) is 25.6. The van der Waals surface area contributed by atoms with E-state index in [4.69, 9.17) is 23.2 Å². The minimum atomic E-state index is -4.15. The molecule has 0 fully saturated rings. The van der Waals surface area contributed by atoms with Crippen molar-refractivity contribution in [2.75, 3.05) is 10.8 Å². The molecule has 1 N–H and O–H groups in total. The molecule has 0 spiro atoms. The maximum absolute atomic E-state index is 14.2. The highest BCUT2D eigenvalue weighted by Gasteiger charge is 2.34. The number of carbonyl (C=O) groups excluding carboxylic acids is 2. The number of sulfonamides is 1. The summed E-state index contributed by atoms with van der Waals surface area (Å²) < 4.78 is 29.2. The molecular weight excluding hydrogens is 605 g/mol. The predicted molar refractivity (Wildman–Crippen MR) is 175 cm³/mol. The largest absolute Gasteiger partial charge is 0.352 e. The van der Waals surface area contributed by atoms with Crippen LogP contribution in [0.3, 0.4) is 0 Å². The van der Waals surface area contributed by atoms with E-state index in [-0.39, 0.29) is 29.3 Å². The number of rotatable bonds is 13. The summed E-state index contributed by atoms with van der Waals surface area (Å²) in [5.41, 5.74) is 2.96. The van der Waals surface area contributed by atoms with E-state index in [1.165, 1.54) is 17.0 Å². The number of amides is 2. The molecule has 0 radical (unpaired) electrons. The van der Waals surface area contributed by atoms with E-state index in [1.807, 2.05) is 39.8 Å².